The topological polar surface area (TPSA) is 85.6 Å². The predicted octanol–water partition coefficient (Wildman–Crippen LogP) is 3.99. The molecule has 0 bridgehead atoms. The zero-order valence-corrected chi connectivity index (χ0v) is 18.7. The van der Waals surface area contributed by atoms with Crippen LogP contribution in [0.1, 0.15) is 29.2 Å². The molecule has 170 valence electrons. The van der Waals surface area contributed by atoms with E-state index in [-0.39, 0.29) is 12.3 Å². The maximum absolute atomic E-state index is 11.9. The quantitative estimate of drug-likeness (QED) is 0.244. The van der Waals surface area contributed by atoms with Crippen LogP contribution in [0.5, 0.6) is 0 Å². The van der Waals surface area contributed by atoms with Crippen molar-refractivity contribution in [2.24, 2.45) is 0 Å². The van der Waals surface area contributed by atoms with E-state index in [1.807, 2.05) is 65.3 Å². The third kappa shape index (κ3) is 6.90. The Morgan fingerprint density at radius 1 is 1.12 bits per heavy atom. The highest BCUT2D eigenvalue weighted by Crippen LogP contribution is 2.29. The van der Waals surface area contributed by atoms with Gasteiger partial charge in [0.15, 0.2) is 0 Å². The van der Waals surface area contributed by atoms with Gasteiger partial charge in [-0.2, -0.15) is 5.10 Å². The molecule has 0 aliphatic carbocycles. The van der Waals surface area contributed by atoms with Gasteiger partial charge in [0, 0.05) is 29.9 Å². The van der Waals surface area contributed by atoms with Crippen LogP contribution in [0.3, 0.4) is 0 Å². The average Bonchev–Trinajstić information content (AvgIpc) is 3.29. The summed E-state index contributed by atoms with van der Waals surface area (Å²) in [5.74, 6) is -0.676. The lowest BCUT2D eigenvalue weighted by atomic mass is 9.89. The zero-order chi connectivity index (χ0) is 22.8. The van der Waals surface area contributed by atoms with E-state index in [2.05, 4.69) is 5.10 Å². The SMILES string of the molecule is CO[C@H](CC(=O)NO)[C@H](Cc1ccc(Cl)cc1)c1ccnn1CCOCc1ccccc1. The highest BCUT2D eigenvalue weighted by Gasteiger charge is 2.28. The summed E-state index contributed by atoms with van der Waals surface area (Å²) in [4.78, 5) is 11.9. The molecule has 8 heteroatoms. The number of ether oxygens (including phenoxy) is 2. The molecule has 7 nitrogen and oxygen atoms in total. The minimum Gasteiger partial charge on any atom is -0.380 e. The zero-order valence-electron chi connectivity index (χ0n) is 18.0. The molecular weight excluding hydrogens is 430 g/mol. The molecule has 0 unspecified atom stereocenters. The molecule has 0 radical (unpaired) electrons. The molecule has 2 aromatic carbocycles. The van der Waals surface area contributed by atoms with Crippen LogP contribution >= 0.6 is 11.6 Å². The van der Waals surface area contributed by atoms with E-state index in [9.17, 15) is 4.79 Å². The van der Waals surface area contributed by atoms with Crippen molar-refractivity contribution in [2.45, 2.75) is 38.0 Å². The number of amides is 1. The fourth-order valence-corrected chi connectivity index (χ4v) is 3.81. The summed E-state index contributed by atoms with van der Waals surface area (Å²) in [6.45, 7) is 1.59. The van der Waals surface area contributed by atoms with Gasteiger partial charge in [0.25, 0.3) is 0 Å². The number of methoxy groups -OCH3 is 1. The second kappa shape index (κ2) is 12.4. The van der Waals surface area contributed by atoms with Crippen molar-refractivity contribution in [3.05, 3.63) is 88.7 Å². The number of rotatable bonds is 12. The first-order valence-corrected chi connectivity index (χ1v) is 10.8. The number of carbonyl (C=O) groups is 1. The Bertz CT molecular complexity index is 963. The van der Waals surface area contributed by atoms with Gasteiger partial charge in [-0.1, -0.05) is 54.1 Å². The minimum absolute atomic E-state index is 0.0148. The van der Waals surface area contributed by atoms with E-state index in [1.165, 1.54) is 0 Å². The Morgan fingerprint density at radius 2 is 1.88 bits per heavy atom. The maximum atomic E-state index is 11.9. The van der Waals surface area contributed by atoms with E-state index < -0.39 is 12.0 Å². The van der Waals surface area contributed by atoms with Gasteiger partial charge in [-0.15, -0.1) is 0 Å². The molecule has 3 aromatic rings. The summed E-state index contributed by atoms with van der Waals surface area (Å²) in [5.41, 5.74) is 4.79. The van der Waals surface area contributed by atoms with Gasteiger partial charge in [-0.05, 0) is 35.7 Å². The van der Waals surface area contributed by atoms with E-state index in [4.69, 9.17) is 26.3 Å². The molecule has 0 fully saturated rings. The molecule has 1 amide bonds. The van der Waals surface area contributed by atoms with E-state index in [0.717, 1.165) is 16.8 Å². The van der Waals surface area contributed by atoms with E-state index in [0.29, 0.717) is 31.2 Å². The number of hydroxylamine groups is 1. The van der Waals surface area contributed by atoms with Crippen LogP contribution in [0.2, 0.25) is 5.02 Å². The maximum Gasteiger partial charge on any atom is 0.245 e. The van der Waals surface area contributed by atoms with Crippen LogP contribution in [0.25, 0.3) is 0 Å². The number of benzene rings is 2. The fourth-order valence-electron chi connectivity index (χ4n) is 3.68. The molecule has 0 saturated carbocycles. The second-order valence-electron chi connectivity index (χ2n) is 7.47. The van der Waals surface area contributed by atoms with Crippen molar-refractivity contribution in [2.75, 3.05) is 13.7 Å². The minimum atomic E-state index is -0.504. The van der Waals surface area contributed by atoms with Crippen LogP contribution in [0.15, 0.2) is 66.9 Å². The number of nitrogens with one attached hydrogen (secondary N) is 1. The summed E-state index contributed by atoms with van der Waals surface area (Å²) in [6, 6.07) is 19.5. The fraction of sp³-hybridized carbons (Fsp3) is 0.333. The van der Waals surface area contributed by atoms with Crippen molar-refractivity contribution in [1.29, 1.82) is 0 Å². The molecule has 0 aliphatic rings. The molecule has 3 rings (SSSR count). The number of aromatic nitrogens is 2. The Kier molecular flexibility index (Phi) is 9.25. The lowest BCUT2D eigenvalue weighted by molar-refractivity contribution is -0.132. The van der Waals surface area contributed by atoms with Gasteiger partial charge in [-0.3, -0.25) is 14.7 Å². The first-order chi connectivity index (χ1) is 15.6. The first kappa shape index (κ1) is 23.9. The Hall–Kier alpha value is -2.71. The van der Waals surface area contributed by atoms with Crippen LogP contribution in [-0.4, -0.2) is 40.7 Å². The van der Waals surface area contributed by atoms with Gasteiger partial charge in [0.05, 0.1) is 32.3 Å². The van der Waals surface area contributed by atoms with Crippen LogP contribution in [0.4, 0.5) is 0 Å². The standard InChI is InChI=1S/C24H28ClN3O4/c1-31-23(16-24(29)27-30)21(15-18-7-9-20(25)10-8-18)22-11-12-26-28(22)13-14-32-17-19-5-3-2-4-6-19/h2-12,21,23,30H,13-17H2,1H3,(H,27,29)/t21-,23-/m1/s1. The van der Waals surface area contributed by atoms with E-state index in [1.54, 1.807) is 18.8 Å². The van der Waals surface area contributed by atoms with Crippen LogP contribution < -0.4 is 5.48 Å². The van der Waals surface area contributed by atoms with Crippen LogP contribution in [0, 0.1) is 0 Å². The summed E-state index contributed by atoms with van der Waals surface area (Å²) in [6.07, 6.45) is 1.91. The summed E-state index contributed by atoms with van der Waals surface area (Å²) in [5, 5.41) is 14.1. The van der Waals surface area contributed by atoms with Gasteiger partial charge in [0.1, 0.15) is 0 Å². The lowest BCUT2D eigenvalue weighted by Crippen LogP contribution is -2.32. The van der Waals surface area contributed by atoms with Gasteiger partial charge in [-0.25, -0.2) is 5.48 Å². The lowest BCUT2D eigenvalue weighted by Gasteiger charge is -2.26. The molecule has 1 aromatic heterocycles. The van der Waals surface area contributed by atoms with Crippen molar-refractivity contribution in [3.63, 3.8) is 0 Å². The highest BCUT2D eigenvalue weighted by molar-refractivity contribution is 6.30. The monoisotopic (exact) mass is 457 g/mol. The van der Waals surface area contributed by atoms with Crippen molar-refractivity contribution in [1.82, 2.24) is 15.3 Å². The number of halogens is 1. The molecule has 0 aliphatic heterocycles. The van der Waals surface area contributed by atoms with Gasteiger partial charge >= 0.3 is 0 Å². The third-order valence-electron chi connectivity index (χ3n) is 5.32. The number of hydrogen-bond acceptors (Lipinski definition) is 5. The second-order valence-corrected chi connectivity index (χ2v) is 7.90. The van der Waals surface area contributed by atoms with Gasteiger partial charge < -0.3 is 9.47 Å². The smallest absolute Gasteiger partial charge is 0.245 e. The van der Waals surface area contributed by atoms with Crippen molar-refractivity contribution in [3.8, 4) is 0 Å². The molecular formula is C24H28ClN3O4. The third-order valence-corrected chi connectivity index (χ3v) is 5.57. The highest BCUT2D eigenvalue weighted by atomic mass is 35.5. The Balaban J connectivity index is 1.74. The number of nitrogens with zero attached hydrogens (tertiary/aromatic N) is 2. The first-order valence-electron chi connectivity index (χ1n) is 10.4. The molecule has 2 N–H and O–H groups in total. The molecule has 2 atom stereocenters. The van der Waals surface area contributed by atoms with Crippen molar-refractivity contribution >= 4 is 17.5 Å². The Labute approximate surface area is 192 Å². The average molecular weight is 458 g/mol. The summed E-state index contributed by atoms with van der Waals surface area (Å²) < 4.78 is 13.4. The summed E-state index contributed by atoms with van der Waals surface area (Å²) in [7, 11) is 1.56. The molecule has 1 heterocycles. The normalized spacial score (nSPS) is 13.0. The van der Waals surface area contributed by atoms with Crippen molar-refractivity contribution < 1.29 is 19.5 Å². The number of hydrogen-bond donors (Lipinski definition) is 2. The van der Waals surface area contributed by atoms with Crippen LogP contribution in [-0.2, 0) is 33.8 Å². The Morgan fingerprint density at radius 3 is 2.56 bits per heavy atom. The number of carbonyl (C=O) groups excluding carboxylic acids is 1. The molecule has 0 saturated heterocycles. The van der Waals surface area contributed by atoms with E-state index >= 15 is 0 Å². The predicted molar refractivity (Wildman–Crippen MR) is 122 cm³/mol. The molecule has 32 heavy (non-hydrogen) atoms. The summed E-state index contributed by atoms with van der Waals surface area (Å²) >= 11 is 6.03. The largest absolute Gasteiger partial charge is 0.380 e. The van der Waals surface area contributed by atoms with Gasteiger partial charge in [0.2, 0.25) is 5.91 Å². The molecule has 0 spiro atoms.